The molecule has 0 radical (unpaired) electrons. The number of benzene rings is 3. The number of aryl methyl sites for hydroxylation is 1. The third-order valence-corrected chi connectivity index (χ3v) is 7.40. The normalized spacial score (nSPS) is 16.9. The molecule has 32 heavy (non-hydrogen) atoms. The van der Waals surface area contributed by atoms with Gasteiger partial charge in [0.05, 0.1) is 17.4 Å². The molecule has 1 atom stereocenters. The maximum Gasteiger partial charge on any atom is 0.252 e. The van der Waals surface area contributed by atoms with E-state index in [0.29, 0.717) is 11.3 Å². The summed E-state index contributed by atoms with van der Waals surface area (Å²) in [5.41, 5.74) is 5.41. The molecule has 1 heterocycles. The molecular formula is C27H26N2O2S. The van der Waals surface area contributed by atoms with E-state index in [-0.39, 0.29) is 17.9 Å². The predicted octanol–water partition coefficient (Wildman–Crippen LogP) is 5.18. The van der Waals surface area contributed by atoms with Crippen LogP contribution in [0.4, 0.5) is 5.69 Å². The highest BCUT2D eigenvalue weighted by molar-refractivity contribution is 8.00. The zero-order chi connectivity index (χ0) is 21.9. The van der Waals surface area contributed by atoms with E-state index in [9.17, 15) is 9.59 Å². The van der Waals surface area contributed by atoms with Crippen molar-refractivity contribution in [1.29, 1.82) is 0 Å². The average molecular weight is 443 g/mol. The molecule has 1 aliphatic heterocycles. The average Bonchev–Trinajstić information content (AvgIpc) is 3.27. The van der Waals surface area contributed by atoms with Crippen molar-refractivity contribution in [2.45, 2.75) is 36.6 Å². The number of fused-ring (bicyclic) bond motifs is 2. The van der Waals surface area contributed by atoms with Crippen molar-refractivity contribution in [3.63, 3.8) is 0 Å². The van der Waals surface area contributed by atoms with Crippen molar-refractivity contribution >= 4 is 29.3 Å². The van der Waals surface area contributed by atoms with Gasteiger partial charge in [-0.25, -0.2) is 0 Å². The Morgan fingerprint density at radius 3 is 2.56 bits per heavy atom. The first-order valence-electron chi connectivity index (χ1n) is 11.2. The summed E-state index contributed by atoms with van der Waals surface area (Å²) in [6.45, 7) is 0.724. The lowest BCUT2D eigenvalue weighted by molar-refractivity contribution is -0.116. The number of rotatable bonds is 5. The molecule has 1 N–H and O–H groups in total. The van der Waals surface area contributed by atoms with E-state index in [1.807, 2.05) is 53.4 Å². The molecule has 2 amide bonds. The highest BCUT2D eigenvalue weighted by Crippen LogP contribution is 2.32. The van der Waals surface area contributed by atoms with Gasteiger partial charge in [0.25, 0.3) is 5.91 Å². The van der Waals surface area contributed by atoms with Crippen molar-refractivity contribution in [2.75, 3.05) is 17.2 Å². The molecule has 5 rings (SSSR count). The third-order valence-electron chi connectivity index (χ3n) is 6.35. The molecular weight excluding hydrogens is 416 g/mol. The maximum absolute atomic E-state index is 13.2. The summed E-state index contributed by atoms with van der Waals surface area (Å²) in [6, 6.07) is 24.1. The largest absolute Gasteiger partial charge is 0.345 e. The Labute approximate surface area is 193 Å². The van der Waals surface area contributed by atoms with Gasteiger partial charge in [-0.15, -0.1) is 11.8 Å². The molecule has 1 aliphatic carbocycles. The van der Waals surface area contributed by atoms with E-state index >= 15 is 0 Å². The fourth-order valence-corrected chi connectivity index (χ4v) is 5.66. The molecule has 0 bridgehead atoms. The summed E-state index contributed by atoms with van der Waals surface area (Å²) in [7, 11) is 0. The minimum Gasteiger partial charge on any atom is -0.345 e. The molecule has 0 saturated carbocycles. The minimum absolute atomic E-state index is 0.0354. The van der Waals surface area contributed by atoms with E-state index < -0.39 is 0 Å². The lowest BCUT2D eigenvalue weighted by Crippen LogP contribution is -2.32. The van der Waals surface area contributed by atoms with Gasteiger partial charge >= 0.3 is 0 Å². The Bertz CT molecular complexity index is 1160. The number of para-hydroxylation sites is 1. The van der Waals surface area contributed by atoms with Crippen LogP contribution in [-0.2, 0) is 17.6 Å². The zero-order valence-corrected chi connectivity index (χ0v) is 18.7. The lowest BCUT2D eigenvalue weighted by atomic mass is 9.87. The van der Waals surface area contributed by atoms with Crippen LogP contribution in [0.2, 0.25) is 0 Å². The Hall–Kier alpha value is -3.05. The predicted molar refractivity (Wildman–Crippen MR) is 129 cm³/mol. The number of carbonyl (C=O) groups is 2. The third kappa shape index (κ3) is 4.17. The molecule has 3 aromatic rings. The van der Waals surface area contributed by atoms with E-state index in [1.54, 1.807) is 0 Å². The van der Waals surface area contributed by atoms with Gasteiger partial charge in [0, 0.05) is 17.1 Å². The molecule has 0 aromatic heterocycles. The van der Waals surface area contributed by atoms with Gasteiger partial charge in [0.15, 0.2) is 0 Å². The SMILES string of the molecule is O=C(N[C@H]1CCCc2ccccc21)c1ccccc1SCC(=O)N1CCc2ccccc21. The van der Waals surface area contributed by atoms with Crippen LogP contribution in [0, 0.1) is 0 Å². The first-order chi connectivity index (χ1) is 15.7. The van der Waals surface area contributed by atoms with Gasteiger partial charge in [-0.2, -0.15) is 0 Å². The topological polar surface area (TPSA) is 49.4 Å². The fraction of sp³-hybridized carbons (Fsp3) is 0.259. The summed E-state index contributed by atoms with van der Waals surface area (Å²) in [4.78, 5) is 28.8. The second kappa shape index (κ2) is 9.21. The van der Waals surface area contributed by atoms with E-state index in [0.717, 1.165) is 42.8 Å². The quantitative estimate of drug-likeness (QED) is 0.554. The first-order valence-corrected chi connectivity index (χ1v) is 12.2. The fourth-order valence-electron chi connectivity index (χ4n) is 4.73. The Balaban J connectivity index is 1.28. The molecule has 0 unspecified atom stereocenters. The monoisotopic (exact) mass is 442 g/mol. The molecule has 0 spiro atoms. The van der Waals surface area contributed by atoms with Crippen LogP contribution in [0.15, 0.2) is 77.7 Å². The smallest absolute Gasteiger partial charge is 0.252 e. The van der Waals surface area contributed by atoms with Crippen molar-refractivity contribution in [1.82, 2.24) is 5.32 Å². The Morgan fingerprint density at radius 2 is 1.66 bits per heavy atom. The standard InChI is InChI=1S/C27H26N2O2S/c30-26(29-17-16-20-9-2-5-14-24(20)29)18-32-25-15-6-4-12-22(25)27(31)28-23-13-7-10-19-8-1-3-11-21(19)23/h1-6,8-9,11-12,14-15,23H,7,10,13,16-18H2,(H,28,31)/t23-/m0/s1. The second-order valence-electron chi connectivity index (χ2n) is 8.33. The molecule has 2 aliphatic rings. The molecule has 0 saturated heterocycles. The summed E-state index contributed by atoms with van der Waals surface area (Å²) < 4.78 is 0. The number of thioether (sulfide) groups is 1. The summed E-state index contributed by atoms with van der Waals surface area (Å²) in [5, 5.41) is 3.24. The van der Waals surface area contributed by atoms with Crippen LogP contribution >= 0.6 is 11.8 Å². The lowest BCUT2D eigenvalue weighted by Gasteiger charge is -2.26. The second-order valence-corrected chi connectivity index (χ2v) is 9.34. The number of hydrogen-bond donors (Lipinski definition) is 1. The van der Waals surface area contributed by atoms with E-state index in [4.69, 9.17) is 0 Å². The highest BCUT2D eigenvalue weighted by Gasteiger charge is 2.25. The number of carbonyl (C=O) groups excluding carboxylic acids is 2. The van der Waals surface area contributed by atoms with Crippen LogP contribution < -0.4 is 10.2 Å². The van der Waals surface area contributed by atoms with Gasteiger partial charge in [0.2, 0.25) is 5.91 Å². The van der Waals surface area contributed by atoms with Gasteiger partial charge in [-0.3, -0.25) is 9.59 Å². The number of hydrogen-bond acceptors (Lipinski definition) is 3. The van der Waals surface area contributed by atoms with E-state index in [1.165, 1.54) is 28.5 Å². The van der Waals surface area contributed by atoms with Crippen LogP contribution in [0.1, 0.15) is 45.9 Å². The zero-order valence-electron chi connectivity index (χ0n) is 17.9. The number of nitrogens with zero attached hydrogens (tertiary/aromatic N) is 1. The van der Waals surface area contributed by atoms with Crippen molar-refractivity contribution < 1.29 is 9.59 Å². The molecule has 4 nitrogen and oxygen atoms in total. The molecule has 0 fully saturated rings. The Morgan fingerprint density at radius 1 is 0.906 bits per heavy atom. The minimum atomic E-state index is -0.0752. The van der Waals surface area contributed by atoms with Crippen molar-refractivity contribution in [2.24, 2.45) is 0 Å². The summed E-state index contributed by atoms with van der Waals surface area (Å²) in [6.07, 6.45) is 3.99. The molecule has 5 heteroatoms. The Kier molecular flexibility index (Phi) is 5.99. The number of nitrogens with one attached hydrogen (secondary N) is 1. The highest BCUT2D eigenvalue weighted by atomic mass is 32.2. The molecule has 162 valence electrons. The summed E-state index contributed by atoms with van der Waals surface area (Å²) >= 11 is 1.44. The van der Waals surface area contributed by atoms with Gasteiger partial charge in [0.1, 0.15) is 0 Å². The first kappa shape index (κ1) is 20.8. The van der Waals surface area contributed by atoms with Crippen LogP contribution in [-0.4, -0.2) is 24.1 Å². The van der Waals surface area contributed by atoms with Crippen molar-refractivity contribution in [3.05, 3.63) is 95.1 Å². The van der Waals surface area contributed by atoms with Crippen molar-refractivity contribution in [3.8, 4) is 0 Å². The molecule has 3 aromatic carbocycles. The maximum atomic E-state index is 13.2. The van der Waals surface area contributed by atoms with Crippen LogP contribution in [0.5, 0.6) is 0 Å². The number of amides is 2. The van der Waals surface area contributed by atoms with Crippen LogP contribution in [0.25, 0.3) is 0 Å². The van der Waals surface area contributed by atoms with Crippen LogP contribution in [0.3, 0.4) is 0 Å². The van der Waals surface area contributed by atoms with Gasteiger partial charge in [-0.1, -0.05) is 54.6 Å². The summed E-state index contributed by atoms with van der Waals surface area (Å²) in [5.74, 6) is 0.315. The van der Waals surface area contributed by atoms with E-state index in [2.05, 4.69) is 29.6 Å². The number of anilines is 1. The van der Waals surface area contributed by atoms with Gasteiger partial charge in [-0.05, 0) is 60.6 Å². The van der Waals surface area contributed by atoms with Gasteiger partial charge < -0.3 is 10.2 Å².